The van der Waals surface area contributed by atoms with Crippen LogP contribution in [0.15, 0.2) is 42.5 Å². The lowest BCUT2D eigenvalue weighted by Gasteiger charge is -2.15. The number of rotatable bonds is 7. The smallest absolute Gasteiger partial charge is 0.251 e. The molecule has 0 radical (unpaired) electrons. The van der Waals surface area contributed by atoms with Gasteiger partial charge >= 0.3 is 0 Å². The zero-order chi connectivity index (χ0) is 15.1. The van der Waals surface area contributed by atoms with E-state index in [9.17, 15) is 4.79 Å². The van der Waals surface area contributed by atoms with E-state index in [0.29, 0.717) is 18.3 Å². The molecule has 1 N–H and O–H groups in total. The number of carbonyl (C=O) groups excluding carboxylic acids is 1. The molecule has 0 saturated carbocycles. The Morgan fingerprint density at radius 1 is 1.14 bits per heavy atom. The number of nitrogens with one attached hydrogen (secondary N) is 1. The highest BCUT2D eigenvalue weighted by atomic mass is 35.5. The van der Waals surface area contributed by atoms with Crippen LogP contribution in [0.3, 0.4) is 0 Å². The molecule has 0 saturated heterocycles. The van der Waals surface area contributed by atoms with E-state index in [0.717, 1.165) is 35.6 Å². The molecule has 0 bridgehead atoms. The van der Waals surface area contributed by atoms with Crippen LogP contribution in [0.2, 0.25) is 0 Å². The van der Waals surface area contributed by atoms with E-state index in [1.54, 1.807) is 0 Å². The van der Waals surface area contributed by atoms with Crippen LogP contribution < -0.4 is 5.32 Å². The molecule has 2 nitrogen and oxygen atoms in total. The van der Waals surface area contributed by atoms with E-state index < -0.39 is 0 Å². The van der Waals surface area contributed by atoms with Gasteiger partial charge in [0.05, 0.1) is 0 Å². The molecular weight excluding hydrogens is 282 g/mol. The van der Waals surface area contributed by atoms with Crippen LogP contribution in [0.1, 0.15) is 36.5 Å². The van der Waals surface area contributed by atoms with Gasteiger partial charge in [0.1, 0.15) is 0 Å². The Kier molecular flexibility index (Phi) is 6.06. The van der Waals surface area contributed by atoms with Gasteiger partial charge in [0, 0.05) is 18.0 Å². The van der Waals surface area contributed by atoms with E-state index in [4.69, 9.17) is 11.6 Å². The maximum Gasteiger partial charge on any atom is 0.251 e. The lowest BCUT2D eigenvalue weighted by atomic mass is 10.0. The summed E-state index contributed by atoms with van der Waals surface area (Å²) < 4.78 is 0. The molecule has 0 fully saturated rings. The molecule has 0 heterocycles. The number of benzene rings is 2. The van der Waals surface area contributed by atoms with Crippen molar-refractivity contribution in [1.82, 2.24) is 5.32 Å². The van der Waals surface area contributed by atoms with Gasteiger partial charge in [-0.1, -0.05) is 43.7 Å². The molecule has 21 heavy (non-hydrogen) atoms. The van der Waals surface area contributed by atoms with Crippen LogP contribution in [0.25, 0.3) is 10.8 Å². The van der Waals surface area contributed by atoms with Crippen molar-refractivity contribution in [3.63, 3.8) is 0 Å². The SMILES string of the molecule is CCCC(CCCl)CNC(=O)c1ccc2ccccc2c1. The highest BCUT2D eigenvalue weighted by molar-refractivity contribution is 6.17. The lowest BCUT2D eigenvalue weighted by molar-refractivity contribution is 0.0946. The maximum atomic E-state index is 12.3. The number of carbonyl (C=O) groups is 1. The number of amides is 1. The topological polar surface area (TPSA) is 29.1 Å². The minimum Gasteiger partial charge on any atom is -0.352 e. The Morgan fingerprint density at radius 3 is 2.62 bits per heavy atom. The van der Waals surface area contributed by atoms with E-state index in [1.807, 2.05) is 36.4 Å². The summed E-state index contributed by atoms with van der Waals surface area (Å²) >= 11 is 5.82. The van der Waals surface area contributed by atoms with Crippen molar-refractivity contribution in [3.8, 4) is 0 Å². The minimum atomic E-state index is -0.00331. The quantitative estimate of drug-likeness (QED) is 0.743. The summed E-state index contributed by atoms with van der Waals surface area (Å²) in [6.45, 7) is 2.86. The summed E-state index contributed by atoms with van der Waals surface area (Å²) in [6, 6.07) is 13.9. The fourth-order valence-electron chi connectivity index (χ4n) is 2.58. The molecule has 3 heteroatoms. The standard InChI is InChI=1S/C18H22ClNO/c1-2-5-14(10-11-19)13-20-18(21)17-9-8-15-6-3-4-7-16(15)12-17/h3-4,6-9,12,14H,2,5,10-11,13H2,1H3,(H,20,21). The van der Waals surface area contributed by atoms with E-state index in [1.165, 1.54) is 0 Å². The monoisotopic (exact) mass is 303 g/mol. The average molecular weight is 304 g/mol. The van der Waals surface area contributed by atoms with Crippen LogP contribution in [-0.2, 0) is 0 Å². The van der Waals surface area contributed by atoms with Crippen LogP contribution in [0, 0.1) is 5.92 Å². The number of hydrogen-bond acceptors (Lipinski definition) is 1. The van der Waals surface area contributed by atoms with Gasteiger partial charge in [-0.3, -0.25) is 4.79 Å². The molecule has 1 unspecified atom stereocenters. The van der Waals surface area contributed by atoms with E-state index in [-0.39, 0.29) is 5.91 Å². The van der Waals surface area contributed by atoms with E-state index >= 15 is 0 Å². The summed E-state index contributed by atoms with van der Waals surface area (Å²) in [7, 11) is 0. The Morgan fingerprint density at radius 2 is 1.90 bits per heavy atom. The van der Waals surface area contributed by atoms with Crippen LogP contribution in [0.5, 0.6) is 0 Å². The first kappa shape index (κ1) is 15.8. The van der Waals surface area contributed by atoms with Gasteiger partial charge in [0.15, 0.2) is 0 Å². The van der Waals surface area contributed by atoms with Crippen molar-refractivity contribution in [1.29, 1.82) is 0 Å². The van der Waals surface area contributed by atoms with Gasteiger partial charge < -0.3 is 5.32 Å². The average Bonchev–Trinajstić information content (AvgIpc) is 2.52. The Balaban J connectivity index is 2.01. The molecule has 1 amide bonds. The molecule has 2 rings (SSSR count). The number of alkyl halides is 1. The summed E-state index contributed by atoms with van der Waals surface area (Å²) in [5.41, 5.74) is 0.717. The summed E-state index contributed by atoms with van der Waals surface area (Å²) in [5.74, 6) is 1.12. The third kappa shape index (κ3) is 4.47. The van der Waals surface area contributed by atoms with Crippen LogP contribution >= 0.6 is 11.6 Å². The van der Waals surface area contributed by atoms with Gasteiger partial charge in [-0.05, 0) is 41.7 Å². The van der Waals surface area contributed by atoms with Gasteiger partial charge in [-0.15, -0.1) is 11.6 Å². The van der Waals surface area contributed by atoms with Crippen molar-refractivity contribution < 1.29 is 4.79 Å². The lowest BCUT2D eigenvalue weighted by Crippen LogP contribution is -2.29. The Labute approximate surface area is 131 Å². The number of fused-ring (bicyclic) bond motifs is 1. The molecule has 0 aliphatic rings. The number of halogens is 1. The van der Waals surface area contributed by atoms with Gasteiger partial charge in [0.2, 0.25) is 0 Å². The summed E-state index contributed by atoms with van der Waals surface area (Å²) in [6.07, 6.45) is 3.17. The Bertz CT molecular complexity index is 591. The summed E-state index contributed by atoms with van der Waals surface area (Å²) in [4.78, 5) is 12.3. The molecule has 0 aliphatic heterocycles. The Hall–Kier alpha value is -1.54. The first-order valence-corrected chi connectivity index (χ1v) is 8.11. The van der Waals surface area contributed by atoms with Crippen LogP contribution in [-0.4, -0.2) is 18.3 Å². The predicted molar refractivity (Wildman–Crippen MR) is 90.0 cm³/mol. The molecule has 112 valence electrons. The second kappa shape index (κ2) is 8.04. The third-order valence-electron chi connectivity index (χ3n) is 3.78. The van der Waals surface area contributed by atoms with Crippen molar-refractivity contribution in [2.45, 2.75) is 26.2 Å². The van der Waals surface area contributed by atoms with Gasteiger partial charge in [-0.2, -0.15) is 0 Å². The maximum absolute atomic E-state index is 12.3. The third-order valence-corrected chi connectivity index (χ3v) is 4.00. The predicted octanol–water partition coefficient (Wildman–Crippen LogP) is 4.61. The van der Waals surface area contributed by atoms with Crippen molar-refractivity contribution in [2.24, 2.45) is 5.92 Å². The van der Waals surface area contributed by atoms with Gasteiger partial charge in [-0.25, -0.2) is 0 Å². The molecule has 0 aromatic heterocycles. The number of hydrogen-bond donors (Lipinski definition) is 1. The largest absolute Gasteiger partial charge is 0.352 e. The first-order chi connectivity index (χ1) is 10.2. The highest BCUT2D eigenvalue weighted by Crippen LogP contribution is 2.16. The fourth-order valence-corrected chi connectivity index (χ4v) is 2.89. The second-order valence-corrected chi connectivity index (χ2v) is 5.78. The molecule has 2 aromatic rings. The van der Waals surface area contributed by atoms with Crippen molar-refractivity contribution in [2.75, 3.05) is 12.4 Å². The molecule has 1 atom stereocenters. The van der Waals surface area contributed by atoms with Crippen LogP contribution in [0.4, 0.5) is 0 Å². The summed E-state index contributed by atoms with van der Waals surface area (Å²) in [5, 5.41) is 5.28. The van der Waals surface area contributed by atoms with Gasteiger partial charge in [0.25, 0.3) is 5.91 Å². The first-order valence-electron chi connectivity index (χ1n) is 7.57. The van der Waals surface area contributed by atoms with E-state index in [2.05, 4.69) is 18.3 Å². The van der Waals surface area contributed by atoms with Crippen molar-refractivity contribution >= 4 is 28.3 Å². The second-order valence-electron chi connectivity index (χ2n) is 5.40. The zero-order valence-electron chi connectivity index (χ0n) is 12.4. The zero-order valence-corrected chi connectivity index (χ0v) is 13.2. The highest BCUT2D eigenvalue weighted by Gasteiger charge is 2.11. The minimum absolute atomic E-state index is 0.00331. The molecular formula is C18H22ClNO. The fraction of sp³-hybridized carbons (Fsp3) is 0.389. The molecule has 2 aromatic carbocycles. The molecule has 0 spiro atoms. The molecule has 0 aliphatic carbocycles. The normalized spacial score (nSPS) is 12.3. The van der Waals surface area contributed by atoms with Crippen molar-refractivity contribution in [3.05, 3.63) is 48.0 Å².